The number of hydrogen-bond acceptors (Lipinski definition) is 4. The van der Waals surface area contributed by atoms with Crippen LogP contribution in [-0.4, -0.2) is 10.3 Å². The smallest absolute Gasteiger partial charge is 0.308 e. The Morgan fingerprint density at radius 1 is 1.64 bits per heavy atom. The Balaban J connectivity index is 2.76. The highest BCUT2D eigenvalue weighted by Gasteiger charge is 2.14. The van der Waals surface area contributed by atoms with Crippen molar-refractivity contribution in [3.8, 4) is 5.95 Å². The standard InChI is InChI=1S/C7H12N2O2/c1-4(2)7(8)5-3-6(10)11-9-5/h3-4,7,10H,8H2,1-2H3. The Morgan fingerprint density at radius 3 is 2.64 bits per heavy atom. The normalized spacial score (nSPS) is 13.8. The lowest BCUT2D eigenvalue weighted by Crippen LogP contribution is -2.16. The first-order valence-electron chi connectivity index (χ1n) is 3.52. The highest BCUT2D eigenvalue weighted by atomic mass is 16.5. The van der Waals surface area contributed by atoms with Crippen LogP contribution in [0.2, 0.25) is 0 Å². The number of nitrogens with two attached hydrogens (primary N) is 1. The highest BCUT2D eigenvalue weighted by Crippen LogP contribution is 2.20. The molecular weight excluding hydrogens is 144 g/mol. The molecule has 4 nitrogen and oxygen atoms in total. The zero-order chi connectivity index (χ0) is 8.43. The maximum absolute atomic E-state index is 8.80. The third-order valence-corrected chi connectivity index (χ3v) is 1.58. The van der Waals surface area contributed by atoms with Gasteiger partial charge < -0.3 is 15.4 Å². The van der Waals surface area contributed by atoms with Gasteiger partial charge in [0.2, 0.25) is 0 Å². The Kier molecular flexibility index (Phi) is 2.14. The second-order valence-corrected chi connectivity index (χ2v) is 2.86. The lowest BCUT2D eigenvalue weighted by molar-refractivity contribution is 0.273. The summed E-state index contributed by atoms with van der Waals surface area (Å²) in [6, 6.07) is 1.27. The van der Waals surface area contributed by atoms with Gasteiger partial charge in [-0.2, -0.15) is 0 Å². The summed E-state index contributed by atoms with van der Waals surface area (Å²) in [5, 5.41) is 12.4. The summed E-state index contributed by atoms with van der Waals surface area (Å²) in [6.45, 7) is 3.97. The largest absolute Gasteiger partial charge is 0.479 e. The zero-order valence-corrected chi connectivity index (χ0v) is 6.61. The van der Waals surface area contributed by atoms with E-state index in [4.69, 9.17) is 10.8 Å². The Morgan fingerprint density at radius 2 is 2.27 bits per heavy atom. The van der Waals surface area contributed by atoms with Crippen LogP contribution < -0.4 is 5.73 Å². The first kappa shape index (κ1) is 8.07. The molecule has 0 aliphatic heterocycles. The second-order valence-electron chi connectivity index (χ2n) is 2.86. The molecule has 0 aromatic carbocycles. The fourth-order valence-electron chi connectivity index (χ4n) is 0.777. The molecule has 0 saturated carbocycles. The average molecular weight is 156 g/mol. The molecule has 1 aromatic heterocycles. The van der Waals surface area contributed by atoms with Crippen LogP contribution in [0.1, 0.15) is 25.6 Å². The molecule has 62 valence electrons. The third-order valence-electron chi connectivity index (χ3n) is 1.58. The summed E-state index contributed by atoms with van der Waals surface area (Å²) < 4.78 is 4.46. The molecule has 0 spiro atoms. The summed E-state index contributed by atoms with van der Waals surface area (Å²) in [5.74, 6) is 0.107. The molecule has 1 atom stereocenters. The van der Waals surface area contributed by atoms with Gasteiger partial charge in [0.05, 0.1) is 6.04 Å². The number of hydrogen-bond donors (Lipinski definition) is 2. The zero-order valence-electron chi connectivity index (χ0n) is 6.61. The van der Waals surface area contributed by atoms with Crippen molar-refractivity contribution in [3.63, 3.8) is 0 Å². The van der Waals surface area contributed by atoms with Crippen molar-refractivity contribution in [1.82, 2.24) is 5.16 Å². The van der Waals surface area contributed by atoms with E-state index < -0.39 is 0 Å². The molecule has 1 rings (SSSR count). The van der Waals surface area contributed by atoms with E-state index >= 15 is 0 Å². The molecule has 3 N–H and O–H groups in total. The molecule has 1 heterocycles. The monoisotopic (exact) mass is 156 g/mol. The van der Waals surface area contributed by atoms with E-state index in [2.05, 4.69) is 9.68 Å². The highest BCUT2D eigenvalue weighted by molar-refractivity contribution is 5.12. The molecule has 0 aliphatic rings. The van der Waals surface area contributed by atoms with E-state index in [1.54, 1.807) is 0 Å². The summed E-state index contributed by atoms with van der Waals surface area (Å²) >= 11 is 0. The van der Waals surface area contributed by atoms with Gasteiger partial charge in [0.25, 0.3) is 0 Å². The molecular formula is C7H12N2O2. The van der Waals surface area contributed by atoms with Crippen molar-refractivity contribution >= 4 is 0 Å². The van der Waals surface area contributed by atoms with Crippen molar-refractivity contribution in [1.29, 1.82) is 0 Å². The summed E-state index contributed by atoms with van der Waals surface area (Å²) in [6.07, 6.45) is 0. The van der Waals surface area contributed by atoms with E-state index in [1.165, 1.54) is 6.07 Å². The van der Waals surface area contributed by atoms with Crippen molar-refractivity contribution in [3.05, 3.63) is 11.8 Å². The molecule has 0 radical (unpaired) electrons. The van der Waals surface area contributed by atoms with Crippen LogP contribution in [0.3, 0.4) is 0 Å². The van der Waals surface area contributed by atoms with Crippen molar-refractivity contribution < 1.29 is 9.63 Å². The molecule has 11 heavy (non-hydrogen) atoms. The van der Waals surface area contributed by atoms with Gasteiger partial charge in [0.15, 0.2) is 0 Å². The molecule has 0 aliphatic carbocycles. The maximum atomic E-state index is 8.80. The molecule has 0 bridgehead atoms. The molecule has 0 saturated heterocycles. The minimum Gasteiger partial charge on any atom is -0.479 e. The Bertz CT molecular complexity index is 232. The van der Waals surface area contributed by atoms with E-state index in [1.807, 2.05) is 13.8 Å². The molecule has 0 amide bonds. The fraction of sp³-hybridized carbons (Fsp3) is 0.571. The van der Waals surface area contributed by atoms with Gasteiger partial charge in [0, 0.05) is 6.07 Å². The lowest BCUT2D eigenvalue weighted by Gasteiger charge is -2.10. The van der Waals surface area contributed by atoms with Crippen LogP contribution in [0.5, 0.6) is 5.95 Å². The first-order chi connectivity index (χ1) is 5.11. The minimum atomic E-state index is -0.184. The lowest BCUT2D eigenvalue weighted by atomic mass is 10.0. The number of aromatic nitrogens is 1. The summed E-state index contributed by atoms with van der Waals surface area (Å²) in [5.41, 5.74) is 6.31. The average Bonchev–Trinajstić information content (AvgIpc) is 2.34. The van der Waals surface area contributed by atoms with Gasteiger partial charge >= 0.3 is 5.95 Å². The van der Waals surface area contributed by atoms with Crippen LogP contribution in [0.25, 0.3) is 0 Å². The Labute approximate surface area is 65.0 Å². The van der Waals surface area contributed by atoms with Gasteiger partial charge in [-0.25, -0.2) is 0 Å². The molecule has 4 heteroatoms. The van der Waals surface area contributed by atoms with E-state index in [0.717, 1.165) is 0 Å². The number of nitrogens with zero attached hydrogens (tertiary/aromatic N) is 1. The van der Waals surface area contributed by atoms with E-state index in [-0.39, 0.29) is 12.0 Å². The van der Waals surface area contributed by atoms with Crippen LogP contribution in [0.4, 0.5) is 0 Å². The number of rotatable bonds is 2. The van der Waals surface area contributed by atoms with Gasteiger partial charge in [-0.3, -0.25) is 0 Å². The summed E-state index contributed by atoms with van der Waals surface area (Å²) in [4.78, 5) is 0. The quantitative estimate of drug-likeness (QED) is 0.671. The number of aromatic hydroxyl groups is 1. The van der Waals surface area contributed by atoms with Crippen molar-refractivity contribution in [2.75, 3.05) is 0 Å². The molecule has 1 unspecified atom stereocenters. The fourth-order valence-corrected chi connectivity index (χ4v) is 0.777. The third kappa shape index (κ3) is 1.71. The predicted octanol–water partition coefficient (Wildman–Crippen LogP) is 1.04. The van der Waals surface area contributed by atoms with Gasteiger partial charge in [-0.15, -0.1) is 0 Å². The van der Waals surface area contributed by atoms with Crippen molar-refractivity contribution in [2.45, 2.75) is 19.9 Å². The molecule has 0 fully saturated rings. The van der Waals surface area contributed by atoms with Gasteiger partial charge in [-0.05, 0) is 5.92 Å². The minimum absolute atomic E-state index is 0.167. The van der Waals surface area contributed by atoms with Crippen LogP contribution in [0, 0.1) is 5.92 Å². The van der Waals surface area contributed by atoms with Crippen LogP contribution in [0.15, 0.2) is 10.6 Å². The first-order valence-corrected chi connectivity index (χ1v) is 3.52. The second kappa shape index (κ2) is 2.92. The molecule has 1 aromatic rings. The van der Waals surface area contributed by atoms with Crippen LogP contribution >= 0.6 is 0 Å². The van der Waals surface area contributed by atoms with Gasteiger partial charge in [0.1, 0.15) is 5.69 Å². The van der Waals surface area contributed by atoms with Crippen LogP contribution in [-0.2, 0) is 0 Å². The maximum Gasteiger partial charge on any atom is 0.308 e. The SMILES string of the molecule is CC(C)C(N)c1cc(O)on1. The van der Waals surface area contributed by atoms with Crippen molar-refractivity contribution in [2.24, 2.45) is 11.7 Å². The topological polar surface area (TPSA) is 72.3 Å². The predicted molar refractivity (Wildman–Crippen MR) is 39.9 cm³/mol. The van der Waals surface area contributed by atoms with E-state index in [0.29, 0.717) is 11.6 Å². The summed E-state index contributed by atoms with van der Waals surface area (Å²) in [7, 11) is 0. The Hall–Kier alpha value is -1.03. The van der Waals surface area contributed by atoms with Gasteiger partial charge in [-0.1, -0.05) is 19.0 Å². The van der Waals surface area contributed by atoms with E-state index in [9.17, 15) is 0 Å².